The molecule has 9 heteroatoms. The van der Waals surface area contributed by atoms with Gasteiger partial charge >= 0.3 is 0 Å². The van der Waals surface area contributed by atoms with E-state index in [1.54, 1.807) is 0 Å². The summed E-state index contributed by atoms with van der Waals surface area (Å²) in [6, 6.07) is 107. The molecule has 0 spiro atoms. The minimum atomic E-state index is 0.626. The maximum Gasteiger partial charge on any atom is 0.235 e. The number of rotatable bonds is 8. The molecule has 19 rings (SSSR count). The average molecular weight is 1180 g/mol. The molecule has 0 N–H and O–H groups in total. The first-order valence-corrected chi connectivity index (χ1v) is 30.8. The molecular weight excluding hydrogens is 1130 g/mol. The fourth-order valence-corrected chi connectivity index (χ4v) is 13.4. The number of fused-ring (bicyclic) bond motifs is 13. The van der Waals surface area contributed by atoms with E-state index in [0.717, 1.165) is 133 Å². The second kappa shape index (κ2) is 21.6. The van der Waals surface area contributed by atoms with Gasteiger partial charge in [0.1, 0.15) is 22.3 Å². The van der Waals surface area contributed by atoms with Gasteiger partial charge in [0.25, 0.3) is 0 Å². The summed E-state index contributed by atoms with van der Waals surface area (Å²) in [6.07, 6.45) is 0. The zero-order chi connectivity index (χ0) is 60.6. The van der Waals surface area contributed by atoms with Crippen LogP contribution in [0.15, 0.2) is 318 Å². The van der Waals surface area contributed by atoms with Crippen molar-refractivity contribution in [2.24, 2.45) is 0 Å². The lowest BCUT2D eigenvalue weighted by molar-refractivity contribution is 0.669. The number of hydrogen-bond acceptors (Lipinski definition) is 7. The molecule has 92 heavy (non-hydrogen) atoms. The first kappa shape index (κ1) is 52.5. The van der Waals surface area contributed by atoms with E-state index in [1.807, 2.05) is 103 Å². The fourth-order valence-electron chi connectivity index (χ4n) is 13.4. The molecule has 0 fully saturated rings. The maximum absolute atomic E-state index is 6.42. The van der Waals surface area contributed by atoms with Crippen molar-refractivity contribution in [3.8, 4) is 79.3 Å². The highest BCUT2D eigenvalue weighted by atomic mass is 16.3. The standard InChI is InChI=1S/C45H28N4O.C38H23N3O/c1-3-13-29(14-4-1)43-46-44(30-15-5-2-6-16-30)48-45(47-43)32-17-11-18-33(27-32)49-39-23-9-7-19-35(39)38-28-31(25-26-40(38)49)34-21-12-22-37-36-20-8-10-24-41(36)50-42(34)37;1-2-10-24(11-3-1)37-29-14-4-7-15-32(29)39-38(40-37)41-33-16-8-5-12-27(33)30-22-25(18-20-34(30)41)26-19-21-36-31(23-26)28-13-6-9-17-35(28)42-36/h1-28H;1-23H. The average Bonchev–Trinajstić information content (AvgIpc) is 1.60. The van der Waals surface area contributed by atoms with E-state index in [9.17, 15) is 0 Å². The smallest absolute Gasteiger partial charge is 0.235 e. The van der Waals surface area contributed by atoms with Crippen LogP contribution >= 0.6 is 0 Å². The topological polar surface area (TPSA) is 101 Å². The Hall–Kier alpha value is -12.6. The molecule has 0 saturated carbocycles. The van der Waals surface area contributed by atoms with Crippen molar-refractivity contribution < 1.29 is 8.83 Å². The van der Waals surface area contributed by atoms with E-state index in [0.29, 0.717) is 23.4 Å². The largest absolute Gasteiger partial charge is 0.456 e. The first-order valence-electron chi connectivity index (χ1n) is 30.8. The van der Waals surface area contributed by atoms with Crippen LogP contribution in [0.4, 0.5) is 0 Å². The van der Waals surface area contributed by atoms with Gasteiger partial charge in [-0.15, -0.1) is 0 Å². The van der Waals surface area contributed by atoms with Crippen LogP contribution in [0, 0.1) is 0 Å². The Labute approximate surface area is 527 Å². The second-order valence-corrected chi connectivity index (χ2v) is 23.1. The summed E-state index contributed by atoms with van der Waals surface area (Å²) in [6.45, 7) is 0. The Kier molecular flexibility index (Phi) is 12.3. The zero-order valence-corrected chi connectivity index (χ0v) is 49.4. The molecule has 6 aromatic heterocycles. The molecule has 13 aromatic carbocycles. The summed E-state index contributed by atoms with van der Waals surface area (Å²) in [5, 5.41) is 10.3. The summed E-state index contributed by atoms with van der Waals surface area (Å²) < 4.78 is 17.0. The van der Waals surface area contributed by atoms with E-state index >= 15 is 0 Å². The summed E-state index contributed by atoms with van der Waals surface area (Å²) in [5.41, 5.74) is 19.3. The molecule has 0 radical (unpaired) electrons. The summed E-state index contributed by atoms with van der Waals surface area (Å²) in [4.78, 5) is 25.1. The van der Waals surface area contributed by atoms with Gasteiger partial charge in [0.05, 0.1) is 33.3 Å². The normalized spacial score (nSPS) is 11.7. The molecule has 0 aliphatic carbocycles. The van der Waals surface area contributed by atoms with Crippen molar-refractivity contribution in [3.63, 3.8) is 0 Å². The monoisotopic (exact) mass is 1180 g/mol. The third-order valence-electron chi connectivity index (χ3n) is 17.7. The van der Waals surface area contributed by atoms with E-state index in [1.165, 1.54) is 21.5 Å². The van der Waals surface area contributed by atoms with Crippen LogP contribution in [0.25, 0.3) is 178 Å². The Balaban J connectivity index is 0.000000138. The molecule has 0 amide bonds. The summed E-state index contributed by atoms with van der Waals surface area (Å²) >= 11 is 0. The van der Waals surface area contributed by atoms with Gasteiger partial charge in [0.2, 0.25) is 5.95 Å². The van der Waals surface area contributed by atoms with E-state index in [2.05, 4.69) is 215 Å². The van der Waals surface area contributed by atoms with Gasteiger partial charge in [0.15, 0.2) is 17.5 Å². The molecular formula is C83H51N7O2. The van der Waals surface area contributed by atoms with Crippen LogP contribution in [-0.2, 0) is 0 Å². The van der Waals surface area contributed by atoms with Crippen molar-refractivity contribution in [1.29, 1.82) is 0 Å². The van der Waals surface area contributed by atoms with Crippen LogP contribution in [0.1, 0.15) is 0 Å². The molecule has 19 aromatic rings. The van der Waals surface area contributed by atoms with Gasteiger partial charge in [-0.25, -0.2) is 24.9 Å². The minimum absolute atomic E-state index is 0.626. The molecule has 0 bridgehead atoms. The number of furan rings is 2. The number of hydrogen-bond donors (Lipinski definition) is 0. The molecule has 0 aliphatic rings. The van der Waals surface area contributed by atoms with Gasteiger partial charge in [-0.1, -0.05) is 231 Å². The predicted octanol–water partition coefficient (Wildman–Crippen LogP) is 21.5. The molecule has 0 saturated heterocycles. The quantitative estimate of drug-likeness (QED) is 0.149. The van der Waals surface area contributed by atoms with Gasteiger partial charge < -0.3 is 13.4 Å². The highest BCUT2D eigenvalue weighted by molar-refractivity contribution is 6.14. The molecule has 0 aliphatic heterocycles. The lowest BCUT2D eigenvalue weighted by Gasteiger charge is -2.12. The Bertz CT molecular complexity index is 6030. The van der Waals surface area contributed by atoms with E-state index in [4.69, 9.17) is 33.8 Å². The first-order chi connectivity index (χ1) is 45.6. The molecule has 0 unspecified atom stereocenters. The third-order valence-corrected chi connectivity index (χ3v) is 17.7. The van der Waals surface area contributed by atoms with Crippen molar-refractivity contribution in [3.05, 3.63) is 309 Å². The molecule has 9 nitrogen and oxygen atoms in total. The Morgan fingerprint density at radius 2 is 0.696 bits per heavy atom. The molecule has 430 valence electrons. The highest BCUT2D eigenvalue weighted by Gasteiger charge is 2.21. The van der Waals surface area contributed by atoms with Crippen LogP contribution < -0.4 is 0 Å². The van der Waals surface area contributed by atoms with Crippen molar-refractivity contribution in [2.75, 3.05) is 0 Å². The van der Waals surface area contributed by atoms with Gasteiger partial charge in [-0.05, 0) is 95.6 Å². The maximum atomic E-state index is 6.42. The highest BCUT2D eigenvalue weighted by Crippen LogP contribution is 2.42. The van der Waals surface area contributed by atoms with Gasteiger partial charge in [0, 0.05) is 82.0 Å². The summed E-state index contributed by atoms with van der Waals surface area (Å²) in [5.74, 6) is 2.58. The van der Waals surface area contributed by atoms with Crippen LogP contribution in [0.2, 0.25) is 0 Å². The van der Waals surface area contributed by atoms with Gasteiger partial charge in [-0.3, -0.25) is 4.57 Å². The second-order valence-electron chi connectivity index (χ2n) is 23.1. The lowest BCUT2D eigenvalue weighted by atomic mass is 10.0. The van der Waals surface area contributed by atoms with Gasteiger partial charge in [-0.2, -0.15) is 0 Å². The Morgan fingerprint density at radius 1 is 0.239 bits per heavy atom. The summed E-state index contributed by atoms with van der Waals surface area (Å²) in [7, 11) is 0. The van der Waals surface area contributed by atoms with Crippen LogP contribution in [0.5, 0.6) is 0 Å². The Morgan fingerprint density at radius 3 is 1.38 bits per heavy atom. The molecule has 0 atom stereocenters. The zero-order valence-electron chi connectivity index (χ0n) is 49.4. The van der Waals surface area contributed by atoms with Crippen molar-refractivity contribution in [2.45, 2.75) is 0 Å². The van der Waals surface area contributed by atoms with Crippen LogP contribution in [-0.4, -0.2) is 34.1 Å². The van der Waals surface area contributed by atoms with Crippen molar-refractivity contribution in [1.82, 2.24) is 34.1 Å². The lowest BCUT2D eigenvalue weighted by Crippen LogP contribution is -2.03. The number of aromatic nitrogens is 7. The number of para-hydroxylation sites is 6. The minimum Gasteiger partial charge on any atom is -0.456 e. The van der Waals surface area contributed by atoms with Crippen LogP contribution in [0.3, 0.4) is 0 Å². The third kappa shape index (κ3) is 8.90. The number of nitrogens with zero attached hydrogens (tertiary/aromatic N) is 7. The van der Waals surface area contributed by atoms with E-state index in [-0.39, 0.29) is 0 Å². The molecule has 6 heterocycles. The number of benzene rings is 13. The predicted molar refractivity (Wildman–Crippen MR) is 375 cm³/mol. The SMILES string of the molecule is c1ccc(-c2nc(-c3ccccc3)nc(-c3cccc(-n4c5ccccc5c5cc(-c6cccc7c6oc6ccccc67)ccc54)c3)n2)cc1.c1ccc(-c2nc(-n3c4ccccc4c4cc(-c5ccc6oc7ccccc7c6c5)ccc43)nc3ccccc23)cc1. The van der Waals surface area contributed by atoms with Crippen molar-refractivity contribution >= 4 is 98.4 Å². The van der Waals surface area contributed by atoms with E-state index < -0.39 is 0 Å². The fraction of sp³-hybridized carbons (Fsp3) is 0.